The van der Waals surface area contributed by atoms with Crippen LogP contribution in [0.25, 0.3) is 0 Å². The average Bonchev–Trinajstić information content (AvgIpc) is 2.16. The Labute approximate surface area is 84.9 Å². The summed E-state index contributed by atoms with van der Waals surface area (Å²) in [6.45, 7) is 3.01. The van der Waals surface area contributed by atoms with Gasteiger partial charge >= 0.3 is 0 Å². The van der Waals surface area contributed by atoms with Gasteiger partial charge in [-0.1, -0.05) is 57.7 Å². The lowest BCUT2D eigenvalue weighted by molar-refractivity contribution is 0.567. The molecule has 0 bridgehead atoms. The van der Waals surface area contributed by atoms with Crippen molar-refractivity contribution in [1.29, 1.82) is 0 Å². The van der Waals surface area contributed by atoms with E-state index in [1.807, 2.05) is 0 Å². The molecule has 1 atom stereocenters. The predicted molar refractivity (Wildman–Crippen MR) is 61.2 cm³/mol. The molecular formula is C11H24BN. The minimum Gasteiger partial charge on any atom is -0.330 e. The van der Waals surface area contributed by atoms with Crippen molar-refractivity contribution < 1.29 is 0 Å². The van der Waals surface area contributed by atoms with Crippen molar-refractivity contribution in [2.75, 3.05) is 6.54 Å². The second-order valence-corrected chi connectivity index (χ2v) is 3.87. The molecule has 0 amide bonds. The zero-order valence-electron chi connectivity index (χ0n) is 9.10. The third kappa shape index (κ3) is 9.94. The zero-order chi connectivity index (χ0) is 9.94. The molecule has 0 aromatic heterocycles. The van der Waals surface area contributed by atoms with E-state index in [4.69, 9.17) is 13.6 Å². The minimum absolute atomic E-state index is 0.434. The van der Waals surface area contributed by atoms with Crippen molar-refractivity contribution in [2.24, 2.45) is 5.73 Å². The maximum atomic E-state index is 5.82. The summed E-state index contributed by atoms with van der Waals surface area (Å²) in [5.41, 5.74) is 5.41. The van der Waals surface area contributed by atoms with Crippen LogP contribution in [-0.2, 0) is 0 Å². The molecule has 0 fully saturated rings. The minimum atomic E-state index is 0.434. The molecule has 0 heterocycles. The van der Waals surface area contributed by atoms with Crippen LogP contribution < -0.4 is 5.73 Å². The van der Waals surface area contributed by atoms with Gasteiger partial charge < -0.3 is 5.73 Å². The fraction of sp³-hybridized carbons (Fsp3) is 1.00. The summed E-state index contributed by atoms with van der Waals surface area (Å²) in [7, 11) is 5.82. The monoisotopic (exact) mass is 181 g/mol. The number of rotatable bonds is 9. The van der Waals surface area contributed by atoms with Crippen molar-refractivity contribution in [1.82, 2.24) is 0 Å². The third-order valence-corrected chi connectivity index (χ3v) is 2.55. The van der Waals surface area contributed by atoms with E-state index in [0.29, 0.717) is 5.82 Å². The Morgan fingerprint density at radius 3 is 2.08 bits per heavy atom. The van der Waals surface area contributed by atoms with Gasteiger partial charge in [0.05, 0.1) is 7.85 Å². The number of nitrogens with two attached hydrogens (primary N) is 1. The lowest BCUT2D eigenvalue weighted by Gasteiger charge is -2.07. The maximum Gasteiger partial charge on any atom is 0.0699 e. The highest BCUT2D eigenvalue weighted by atomic mass is 14.5. The van der Waals surface area contributed by atoms with Gasteiger partial charge in [0, 0.05) is 0 Å². The Balaban J connectivity index is 2.91. The molecule has 0 aliphatic carbocycles. The van der Waals surface area contributed by atoms with Crippen LogP contribution in [0.15, 0.2) is 0 Å². The molecule has 13 heavy (non-hydrogen) atoms. The van der Waals surface area contributed by atoms with Crippen LogP contribution in [0.2, 0.25) is 5.82 Å². The van der Waals surface area contributed by atoms with E-state index in [-0.39, 0.29) is 0 Å². The van der Waals surface area contributed by atoms with Crippen molar-refractivity contribution in [3.63, 3.8) is 0 Å². The normalized spacial score (nSPS) is 13.1. The molecule has 0 aliphatic heterocycles. The first-order valence-electron chi connectivity index (χ1n) is 5.77. The Kier molecular flexibility index (Phi) is 10.1. The number of hydrogen-bond donors (Lipinski definition) is 1. The Bertz CT molecular complexity index is 96.1. The van der Waals surface area contributed by atoms with E-state index in [0.717, 1.165) is 13.0 Å². The van der Waals surface area contributed by atoms with Gasteiger partial charge in [0.2, 0.25) is 0 Å². The average molecular weight is 181 g/mol. The van der Waals surface area contributed by atoms with Crippen LogP contribution in [0.1, 0.15) is 58.3 Å². The smallest absolute Gasteiger partial charge is 0.0699 e. The van der Waals surface area contributed by atoms with Crippen LogP contribution in [0.4, 0.5) is 0 Å². The quantitative estimate of drug-likeness (QED) is 0.429. The van der Waals surface area contributed by atoms with Crippen molar-refractivity contribution in [3.8, 4) is 0 Å². The molecule has 2 N–H and O–H groups in total. The van der Waals surface area contributed by atoms with Gasteiger partial charge in [-0.3, -0.25) is 0 Å². The Hall–Kier alpha value is 0.0249. The maximum absolute atomic E-state index is 5.82. The highest BCUT2D eigenvalue weighted by molar-refractivity contribution is 6.11. The lowest BCUT2D eigenvalue weighted by atomic mass is 9.81. The molecule has 1 nitrogen and oxygen atoms in total. The molecule has 0 spiro atoms. The molecule has 0 aromatic carbocycles. The van der Waals surface area contributed by atoms with Gasteiger partial charge in [0.25, 0.3) is 0 Å². The largest absolute Gasteiger partial charge is 0.330 e. The fourth-order valence-corrected chi connectivity index (χ4v) is 1.46. The van der Waals surface area contributed by atoms with Crippen molar-refractivity contribution >= 4 is 7.85 Å². The topological polar surface area (TPSA) is 26.0 Å². The first kappa shape index (κ1) is 13.0. The summed E-state index contributed by atoms with van der Waals surface area (Å²) < 4.78 is 0. The molecule has 0 saturated heterocycles. The molecule has 0 rings (SSSR count). The van der Waals surface area contributed by atoms with E-state index in [1.165, 1.54) is 44.9 Å². The number of unbranched alkanes of at least 4 members (excludes halogenated alkanes) is 5. The van der Waals surface area contributed by atoms with Crippen molar-refractivity contribution in [3.05, 3.63) is 0 Å². The lowest BCUT2D eigenvalue weighted by Crippen LogP contribution is -1.97. The van der Waals surface area contributed by atoms with E-state index < -0.39 is 0 Å². The third-order valence-electron chi connectivity index (χ3n) is 2.55. The summed E-state index contributed by atoms with van der Waals surface area (Å²) in [6.07, 6.45) is 10.2. The van der Waals surface area contributed by atoms with Gasteiger partial charge in [0.15, 0.2) is 0 Å². The van der Waals surface area contributed by atoms with Crippen LogP contribution in [0.3, 0.4) is 0 Å². The standard InChI is InChI=1S/C11H24BN/c1-2-11(12)9-7-5-3-4-6-8-10-13/h11H,2-10,13H2,1H3/t11-/m0/s1. The molecule has 0 saturated carbocycles. The van der Waals surface area contributed by atoms with Gasteiger partial charge in [-0.05, 0) is 13.0 Å². The predicted octanol–water partition coefficient (Wildman–Crippen LogP) is 3.04. The molecular weight excluding hydrogens is 157 g/mol. The summed E-state index contributed by atoms with van der Waals surface area (Å²) in [5.74, 6) is 0.434. The molecule has 0 aliphatic rings. The van der Waals surface area contributed by atoms with E-state index in [1.54, 1.807) is 0 Å². The molecule has 2 heteroatoms. The van der Waals surface area contributed by atoms with Gasteiger partial charge in [-0.2, -0.15) is 0 Å². The second kappa shape index (κ2) is 10.1. The van der Waals surface area contributed by atoms with E-state index in [2.05, 4.69) is 6.92 Å². The van der Waals surface area contributed by atoms with Gasteiger partial charge in [0.1, 0.15) is 0 Å². The van der Waals surface area contributed by atoms with Crippen LogP contribution in [0, 0.1) is 0 Å². The molecule has 0 unspecified atom stereocenters. The van der Waals surface area contributed by atoms with Crippen LogP contribution in [0.5, 0.6) is 0 Å². The van der Waals surface area contributed by atoms with Gasteiger partial charge in [-0.25, -0.2) is 0 Å². The number of hydrogen-bond acceptors (Lipinski definition) is 1. The van der Waals surface area contributed by atoms with Crippen molar-refractivity contribution in [2.45, 2.75) is 64.1 Å². The highest BCUT2D eigenvalue weighted by Gasteiger charge is 1.97. The zero-order valence-corrected chi connectivity index (χ0v) is 9.10. The van der Waals surface area contributed by atoms with E-state index >= 15 is 0 Å². The first-order valence-corrected chi connectivity index (χ1v) is 5.77. The molecule has 2 radical (unpaired) electrons. The van der Waals surface area contributed by atoms with E-state index in [9.17, 15) is 0 Å². The van der Waals surface area contributed by atoms with Crippen LogP contribution in [-0.4, -0.2) is 14.4 Å². The SMILES string of the molecule is [B][C@@H](CC)CCCCCCCCN. The summed E-state index contributed by atoms with van der Waals surface area (Å²) in [5, 5.41) is 0. The van der Waals surface area contributed by atoms with Crippen LogP contribution >= 0.6 is 0 Å². The fourth-order valence-electron chi connectivity index (χ4n) is 1.46. The molecule has 76 valence electrons. The summed E-state index contributed by atoms with van der Waals surface area (Å²) in [4.78, 5) is 0. The summed E-state index contributed by atoms with van der Waals surface area (Å²) >= 11 is 0. The summed E-state index contributed by atoms with van der Waals surface area (Å²) in [6, 6.07) is 0. The molecule has 0 aromatic rings. The highest BCUT2D eigenvalue weighted by Crippen LogP contribution is 2.16. The Morgan fingerprint density at radius 1 is 1.00 bits per heavy atom. The van der Waals surface area contributed by atoms with Gasteiger partial charge in [-0.15, -0.1) is 0 Å². The first-order chi connectivity index (χ1) is 6.31. The Morgan fingerprint density at radius 2 is 1.54 bits per heavy atom. The second-order valence-electron chi connectivity index (χ2n) is 3.87.